The number of aryl methyl sites for hydroxylation is 1. The van der Waals surface area contributed by atoms with Gasteiger partial charge in [-0.15, -0.1) is 5.10 Å². The molecule has 2 heterocycles. The number of benzene rings is 1. The molecule has 1 atom stereocenters. The number of sulfone groups is 1. The van der Waals surface area contributed by atoms with Gasteiger partial charge < -0.3 is 5.32 Å². The molecule has 2 aromatic rings. The fraction of sp³-hybridized carbons (Fsp3) is 0.231. The van der Waals surface area contributed by atoms with Crippen LogP contribution in [0.4, 0.5) is 5.82 Å². The van der Waals surface area contributed by atoms with Gasteiger partial charge in [0.1, 0.15) is 0 Å². The van der Waals surface area contributed by atoms with E-state index in [4.69, 9.17) is 0 Å². The second-order valence-electron chi connectivity index (χ2n) is 4.59. The highest BCUT2D eigenvalue weighted by Crippen LogP contribution is 2.24. The Kier molecular flexibility index (Phi) is 2.74. The molecule has 1 N–H and O–H groups in total. The molecule has 98 valence electrons. The average Bonchev–Trinajstić information content (AvgIpc) is 2.73. The van der Waals surface area contributed by atoms with E-state index < -0.39 is 9.84 Å². The zero-order chi connectivity index (χ0) is 13.5. The van der Waals surface area contributed by atoms with Gasteiger partial charge in [0.05, 0.1) is 17.5 Å². The van der Waals surface area contributed by atoms with Crippen LogP contribution in [0, 0.1) is 6.92 Å². The average molecular weight is 275 g/mol. The van der Waals surface area contributed by atoms with E-state index in [2.05, 4.69) is 15.5 Å². The molecule has 19 heavy (non-hydrogen) atoms. The Hall–Kier alpha value is -1.95. The van der Waals surface area contributed by atoms with Crippen LogP contribution in [0.3, 0.4) is 0 Å². The summed E-state index contributed by atoms with van der Waals surface area (Å²) in [5.41, 5.74) is 0.857. The van der Waals surface area contributed by atoms with Crippen LogP contribution in [-0.2, 0) is 9.84 Å². The summed E-state index contributed by atoms with van der Waals surface area (Å²) in [6.07, 6.45) is 1.64. The maximum absolute atomic E-state index is 11.4. The van der Waals surface area contributed by atoms with E-state index in [-0.39, 0.29) is 11.8 Å². The first-order valence-corrected chi connectivity index (χ1v) is 7.66. The smallest absolute Gasteiger partial charge is 0.173 e. The van der Waals surface area contributed by atoms with Crippen molar-refractivity contribution in [2.45, 2.75) is 13.0 Å². The molecular weight excluding hydrogens is 262 g/mol. The molecule has 0 radical (unpaired) electrons. The predicted octanol–water partition coefficient (Wildman–Crippen LogP) is 1.66. The summed E-state index contributed by atoms with van der Waals surface area (Å²) in [6, 6.07) is 7.56. The maximum Gasteiger partial charge on any atom is 0.173 e. The van der Waals surface area contributed by atoms with Crippen molar-refractivity contribution in [3.63, 3.8) is 0 Å². The second kappa shape index (κ2) is 4.31. The SMILES string of the molecule is Cc1nnc(NC2C=CS(=O)(=O)C2)c2ccccc12. The van der Waals surface area contributed by atoms with Crippen molar-refractivity contribution in [3.8, 4) is 0 Å². The summed E-state index contributed by atoms with van der Waals surface area (Å²) < 4.78 is 22.8. The highest BCUT2D eigenvalue weighted by atomic mass is 32.2. The van der Waals surface area contributed by atoms with Crippen LogP contribution in [0.15, 0.2) is 35.7 Å². The van der Waals surface area contributed by atoms with Gasteiger partial charge in [-0.2, -0.15) is 5.10 Å². The van der Waals surface area contributed by atoms with Crippen molar-refractivity contribution < 1.29 is 8.42 Å². The minimum Gasteiger partial charge on any atom is -0.361 e. The molecule has 5 nitrogen and oxygen atoms in total. The minimum atomic E-state index is -3.07. The lowest BCUT2D eigenvalue weighted by Gasteiger charge is -2.12. The Bertz CT molecular complexity index is 769. The Morgan fingerprint density at radius 2 is 1.95 bits per heavy atom. The van der Waals surface area contributed by atoms with Gasteiger partial charge in [0.15, 0.2) is 15.7 Å². The van der Waals surface area contributed by atoms with E-state index >= 15 is 0 Å². The third-order valence-corrected chi connectivity index (χ3v) is 4.52. The summed E-state index contributed by atoms with van der Waals surface area (Å²) in [6.45, 7) is 1.90. The summed E-state index contributed by atoms with van der Waals surface area (Å²) in [5, 5.41) is 14.6. The van der Waals surface area contributed by atoms with Crippen LogP contribution in [0.2, 0.25) is 0 Å². The van der Waals surface area contributed by atoms with Crippen LogP contribution < -0.4 is 5.32 Å². The molecule has 0 aliphatic carbocycles. The molecule has 6 heteroatoms. The standard InChI is InChI=1S/C13H13N3O2S/c1-9-11-4-2-3-5-12(11)13(16-15-9)14-10-6-7-19(17,18)8-10/h2-7,10H,8H2,1H3,(H,14,16). The van der Waals surface area contributed by atoms with Crippen LogP contribution in [0.25, 0.3) is 10.8 Å². The lowest BCUT2D eigenvalue weighted by Crippen LogP contribution is -2.22. The van der Waals surface area contributed by atoms with Gasteiger partial charge >= 0.3 is 0 Å². The molecular formula is C13H13N3O2S. The van der Waals surface area contributed by atoms with Gasteiger partial charge in [0.2, 0.25) is 0 Å². The zero-order valence-electron chi connectivity index (χ0n) is 10.4. The normalized spacial score (nSPS) is 20.8. The number of nitrogens with one attached hydrogen (secondary N) is 1. The maximum atomic E-state index is 11.4. The molecule has 1 aromatic heterocycles. The third-order valence-electron chi connectivity index (χ3n) is 3.12. The largest absolute Gasteiger partial charge is 0.361 e. The molecule has 1 unspecified atom stereocenters. The van der Waals surface area contributed by atoms with Crippen LogP contribution in [0.5, 0.6) is 0 Å². The molecule has 1 aliphatic rings. The quantitative estimate of drug-likeness (QED) is 0.902. The molecule has 0 amide bonds. The Labute approximate surface area is 111 Å². The second-order valence-corrected chi connectivity index (χ2v) is 6.52. The van der Waals surface area contributed by atoms with Gasteiger partial charge in [-0.25, -0.2) is 8.42 Å². The van der Waals surface area contributed by atoms with Crippen LogP contribution in [0.1, 0.15) is 5.69 Å². The molecule has 1 aliphatic heterocycles. The predicted molar refractivity (Wildman–Crippen MR) is 74.6 cm³/mol. The monoisotopic (exact) mass is 275 g/mol. The first-order valence-electron chi connectivity index (χ1n) is 5.95. The van der Waals surface area contributed by atoms with Gasteiger partial charge in [0.25, 0.3) is 0 Å². The number of hydrogen-bond acceptors (Lipinski definition) is 5. The van der Waals surface area contributed by atoms with Gasteiger partial charge in [-0.1, -0.05) is 24.3 Å². The van der Waals surface area contributed by atoms with Crippen molar-refractivity contribution >= 4 is 26.4 Å². The number of nitrogens with zero attached hydrogens (tertiary/aromatic N) is 2. The highest BCUT2D eigenvalue weighted by molar-refractivity contribution is 7.94. The van der Waals surface area contributed by atoms with Crippen molar-refractivity contribution in [3.05, 3.63) is 41.4 Å². The van der Waals surface area contributed by atoms with Gasteiger partial charge in [-0.05, 0) is 13.0 Å². The first-order chi connectivity index (χ1) is 9.05. The Balaban J connectivity index is 1.99. The zero-order valence-corrected chi connectivity index (χ0v) is 11.2. The summed E-state index contributed by atoms with van der Waals surface area (Å²) >= 11 is 0. The molecule has 1 aromatic carbocycles. The van der Waals surface area contributed by atoms with Gasteiger partial charge in [0, 0.05) is 16.2 Å². The fourth-order valence-corrected chi connectivity index (χ4v) is 3.42. The summed E-state index contributed by atoms with van der Waals surface area (Å²) in [5.74, 6) is 0.685. The molecule has 3 rings (SSSR count). The lowest BCUT2D eigenvalue weighted by molar-refractivity contribution is 0.605. The molecule has 0 spiro atoms. The van der Waals surface area contributed by atoms with E-state index in [1.54, 1.807) is 6.08 Å². The molecule has 0 saturated carbocycles. The number of anilines is 1. The third kappa shape index (κ3) is 2.31. The van der Waals surface area contributed by atoms with E-state index in [1.165, 1.54) is 5.41 Å². The summed E-state index contributed by atoms with van der Waals surface area (Å²) in [4.78, 5) is 0. The van der Waals surface area contributed by atoms with Gasteiger partial charge in [-0.3, -0.25) is 0 Å². The lowest BCUT2D eigenvalue weighted by atomic mass is 10.1. The van der Waals surface area contributed by atoms with E-state index in [9.17, 15) is 8.42 Å². The number of hydrogen-bond donors (Lipinski definition) is 1. The Morgan fingerprint density at radius 1 is 1.21 bits per heavy atom. The van der Waals surface area contributed by atoms with Crippen molar-refractivity contribution in [1.29, 1.82) is 0 Å². The van der Waals surface area contributed by atoms with Crippen molar-refractivity contribution in [2.24, 2.45) is 0 Å². The van der Waals surface area contributed by atoms with Crippen molar-refractivity contribution in [2.75, 3.05) is 11.1 Å². The van der Waals surface area contributed by atoms with Crippen LogP contribution >= 0.6 is 0 Å². The number of fused-ring (bicyclic) bond motifs is 1. The minimum absolute atomic E-state index is 0.0664. The number of aromatic nitrogens is 2. The molecule has 0 bridgehead atoms. The fourth-order valence-electron chi connectivity index (χ4n) is 2.19. The Morgan fingerprint density at radius 3 is 2.63 bits per heavy atom. The van der Waals surface area contributed by atoms with E-state index in [0.717, 1.165) is 16.5 Å². The van der Waals surface area contributed by atoms with E-state index in [0.29, 0.717) is 5.82 Å². The first kappa shape index (κ1) is 12.1. The van der Waals surface area contributed by atoms with Crippen LogP contribution in [-0.4, -0.2) is 30.4 Å². The molecule has 0 fully saturated rings. The van der Waals surface area contributed by atoms with E-state index in [1.807, 2.05) is 31.2 Å². The topological polar surface area (TPSA) is 72.0 Å². The molecule has 0 saturated heterocycles. The summed E-state index contributed by atoms with van der Waals surface area (Å²) in [7, 11) is -3.07. The number of rotatable bonds is 2. The highest BCUT2D eigenvalue weighted by Gasteiger charge is 2.22. The van der Waals surface area contributed by atoms with Crippen molar-refractivity contribution in [1.82, 2.24) is 10.2 Å².